The van der Waals surface area contributed by atoms with Crippen molar-refractivity contribution < 1.29 is 19.2 Å². The first kappa shape index (κ1) is 10.6. The molecule has 1 aromatic heterocycles. The highest BCUT2D eigenvalue weighted by Gasteiger charge is 2.28. The summed E-state index contributed by atoms with van der Waals surface area (Å²) in [5, 5.41) is 12.6. The number of halogens is 1. The molecule has 5 nitrogen and oxygen atoms in total. The van der Waals surface area contributed by atoms with Gasteiger partial charge in [-0.1, -0.05) is 5.16 Å². The fourth-order valence-electron chi connectivity index (χ4n) is 1.70. The van der Waals surface area contributed by atoms with E-state index < -0.39 is 5.97 Å². The monoisotopic (exact) mass is 275 g/mol. The maximum absolute atomic E-state index is 11.0. The molecule has 0 bridgehead atoms. The first-order valence-corrected chi connectivity index (χ1v) is 5.45. The summed E-state index contributed by atoms with van der Waals surface area (Å²) < 4.78 is 10.6. The number of hydrogen-bond donors (Lipinski definition) is 1. The van der Waals surface area contributed by atoms with E-state index in [1.807, 2.05) is 0 Å². The van der Waals surface area contributed by atoms with E-state index in [4.69, 9.17) is 14.4 Å². The third-order valence-electron chi connectivity index (χ3n) is 2.42. The minimum absolute atomic E-state index is 0.00338. The van der Waals surface area contributed by atoms with E-state index in [1.54, 1.807) is 0 Å². The third kappa shape index (κ3) is 2.05. The lowest BCUT2D eigenvalue weighted by molar-refractivity contribution is 0.0654. The predicted molar refractivity (Wildman–Crippen MR) is 54.0 cm³/mol. The third-order valence-corrected chi connectivity index (χ3v) is 2.96. The number of carbonyl (C=O) groups is 1. The average Bonchev–Trinajstić information content (AvgIpc) is 2.61. The first-order valence-electron chi connectivity index (χ1n) is 4.66. The maximum Gasteiger partial charge on any atom is 0.342 e. The molecule has 1 fully saturated rings. The number of carboxylic acids is 1. The largest absolute Gasteiger partial charge is 0.477 e. The van der Waals surface area contributed by atoms with Crippen LogP contribution in [0.4, 0.5) is 0 Å². The topological polar surface area (TPSA) is 72.6 Å². The molecule has 1 N–H and O–H groups in total. The van der Waals surface area contributed by atoms with Crippen molar-refractivity contribution in [3.05, 3.63) is 15.9 Å². The number of nitrogens with zero attached hydrogens (tertiary/aromatic N) is 1. The van der Waals surface area contributed by atoms with E-state index in [0.717, 1.165) is 19.4 Å². The zero-order valence-electron chi connectivity index (χ0n) is 7.90. The summed E-state index contributed by atoms with van der Waals surface area (Å²) in [6.45, 7) is 1.23. The molecule has 0 radical (unpaired) electrons. The summed E-state index contributed by atoms with van der Waals surface area (Å²) in [6.07, 6.45) is 1.80. The molecule has 0 aromatic carbocycles. The molecule has 0 saturated carbocycles. The van der Waals surface area contributed by atoms with E-state index in [0.29, 0.717) is 12.4 Å². The van der Waals surface area contributed by atoms with Crippen molar-refractivity contribution in [1.29, 1.82) is 0 Å². The minimum Gasteiger partial charge on any atom is -0.477 e. The standard InChI is InChI=1S/C9H10BrNO4/c10-8-6(9(12)13)7(15-11-8)5-2-1-3-14-4-5/h5H,1-4H2,(H,12,13). The van der Waals surface area contributed by atoms with Crippen LogP contribution in [0.25, 0.3) is 0 Å². The van der Waals surface area contributed by atoms with Crippen molar-refractivity contribution in [3.8, 4) is 0 Å². The van der Waals surface area contributed by atoms with Crippen molar-refractivity contribution in [3.63, 3.8) is 0 Å². The summed E-state index contributed by atoms with van der Waals surface area (Å²) in [7, 11) is 0. The van der Waals surface area contributed by atoms with Crippen LogP contribution in [0.15, 0.2) is 9.13 Å². The van der Waals surface area contributed by atoms with Crippen LogP contribution in [0.2, 0.25) is 0 Å². The minimum atomic E-state index is -1.02. The lowest BCUT2D eigenvalue weighted by Crippen LogP contribution is -2.17. The number of rotatable bonds is 2. The van der Waals surface area contributed by atoms with Crippen LogP contribution in [0, 0.1) is 0 Å². The number of ether oxygens (including phenoxy) is 1. The zero-order chi connectivity index (χ0) is 10.8. The fraction of sp³-hybridized carbons (Fsp3) is 0.556. The molecule has 1 atom stereocenters. The molecular formula is C9H10BrNO4. The number of carboxylic acid groups (broad SMARTS) is 1. The molecule has 0 spiro atoms. The molecular weight excluding hydrogens is 266 g/mol. The van der Waals surface area contributed by atoms with E-state index in [1.165, 1.54) is 0 Å². The molecule has 0 amide bonds. The van der Waals surface area contributed by atoms with Gasteiger partial charge >= 0.3 is 5.97 Å². The van der Waals surface area contributed by atoms with Gasteiger partial charge in [0.25, 0.3) is 0 Å². The molecule has 1 unspecified atom stereocenters. The summed E-state index contributed by atoms with van der Waals surface area (Å²) in [5.41, 5.74) is 0.116. The summed E-state index contributed by atoms with van der Waals surface area (Å²) in [5.74, 6) is -0.610. The molecule has 2 rings (SSSR count). The van der Waals surface area contributed by atoms with Gasteiger partial charge in [0.05, 0.1) is 6.61 Å². The van der Waals surface area contributed by atoms with E-state index in [2.05, 4.69) is 21.1 Å². The van der Waals surface area contributed by atoms with Crippen LogP contribution in [0.5, 0.6) is 0 Å². The highest BCUT2D eigenvalue weighted by atomic mass is 79.9. The summed E-state index contributed by atoms with van der Waals surface area (Å²) in [6, 6.07) is 0. The van der Waals surface area contributed by atoms with E-state index in [-0.39, 0.29) is 16.1 Å². The van der Waals surface area contributed by atoms with Gasteiger partial charge in [0.15, 0.2) is 10.4 Å². The molecule has 0 aliphatic carbocycles. The van der Waals surface area contributed by atoms with Crippen molar-refractivity contribution >= 4 is 21.9 Å². The van der Waals surface area contributed by atoms with Crippen molar-refractivity contribution in [1.82, 2.24) is 5.16 Å². The van der Waals surface area contributed by atoms with Crippen LogP contribution < -0.4 is 0 Å². The number of aromatic nitrogens is 1. The van der Waals surface area contributed by atoms with Gasteiger partial charge in [-0.3, -0.25) is 0 Å². The van der Waals surface area contributed by atoms with Crippen LogP contribution in [-0.2, 0) is 4.74 Å². The predicted octanol–water partition coefficient (Wildman–Crippen LogP) is 2.03. The average molecular weight is 276 g/mol. The SMILES string of the molecule is O=C(O)c1c(Br)noc1C1CCCOC1. The van der Waals surface area contributed by atoms with E-state index in [9.17, 15) is 4.79 Å². The Labute approximate surface area is 94.5 Å². The summed E-state index contributed by atoms with van der Waals surface area (Å²) >= 11 is 3.06. The smallest absolute Gasteiger partial charge is 0.342 e. The van der Waals surface area contributed by atoms with Crippen LogP contribution in [0.3, 0.4) is 0 Å². The Bertz CT molecular complexity index is 370. The lowest BCUT2D eigenvalue weighted by Gasteiger charge is -2.19. The molecule has 2 heterocycles. The second kappa shape index (κ2) is 4.32. The quantitative estimate of drug-likeness (QED) is 0.894. The molecule has 1 aliphatic rings. The van der Waals surface area contributed by atoms with Gasteiger partial charge in [-0.25, -0.2) is 4.79 Å². The fourth-order valence-corrected chi connectivity index (χ4v) is 2.14. The molecule has 1 aliphatic heterocycles. The van der Waals surface area contributed by atoms with Crippen molar-refractivity contribution in [2.45, 2.75) is 18.8 Å². The Morgan fingerprint density at radius 2 is 2.40 bits per heavy atom. The van der Waals surface area contributed by atoms with Gasteiger partial charge in [0, 0.05) is 12.5 Å². The van der Waals surface area contributed by atoms with Crippen molar-refractivity contribution in [2.75, 3.05) is 13.2 Å². The Kier molecular flexibility index (Phi) is 3.06. The molecule has 1 saturated heterocycles. The zero-order valence-corrected chi connectivity index (χ0v) is 9.49. The lowest BCUT2D eigenvalue weighted by atomic mass is 9.97. The Morgan fingerprint density at radius 1 is 1.60 bits per heavy atom. The van der Waals surface area contributed by atoms with Gasteiger partial charge in [0.1, 0.15) is 5.56 Å². The number of hydrogen-bond acceptors (Lipinski definition) is 4. The summed E-state index contributed by atoms with van der Waals surface area (Å²) in [4.78, 5) is 11.0. The second-order valence-electron chi connectivity index (χ2n) is 3.43. The second-order valence-corrected chi connectivity index (χ2v) is 4.18. The first-order chi connectivity index (χ1) is 7.20. The Morgan fingerprint density at radius 3 is 3.00 bits per heavy atom. The van der Waals surface area contributed by atoms with Gasteiger partial charge < -0.3 is 14.4 Å². The molecule has 15 heavy (non-hydrogen) atoms. The maximum atomic E-state index is 11.0. The highest BCUT2D eigenvalue weighted by molar-refractivity contribution is 9.10. The van der Waals surface area contributed by atoms with Crippen LogP contribution >= 0.6 is 15.9 Å². The molecule has 6 heteroatoms. The van der Waals surface area contributed by atoms with Gasteiger partial charge in [0.2, 0.25) is 0 Å². The van der Waals surface area contributed by atoms with Crippen molar-refractivity contribution in [2.24, 2.45) is 0 Å². The van der Waals surface area contributed by atoms with Gasteiger partial charge in [-0.05, 0) is 28.8 Å². The Hall–Kier alpha value is -0.880. The normalized spacial score (nSPS) is 21.5. The van der Waals surface area contributed by atoms with Gasteiger partial charge in [-0.15, -0.1) is 0 Å². The van der Waals surface area contributed by atoms with Crippen LogP contribution in [0.1, 0.15) is 34.9 Å². The Balaban J connectivity index is 2.30. The molecule has 1 aromatic rings. The number of aromatic carboxylic acids is 1. The molecule has 82 valence electrons. The van der Waals surface area contributed by atoms with E-state index >= 15 is 0 Å². The van der Waals surface area contributed by atoms with Gasteiger partial charge in [-0.2, -0.15) is 0 Å². The van der Waals surface area contributed by atoms with Crippen LogP contribution in [-0.4, -0.2) is 29.4 Å². The highest BCUT2D eigenvalue weighted by Crippen LogP contribution is 2.31.